The molecule has 2 aromatic rings. The van der Waals surface area contributed by atoms with Crippen molar-refractivity contribution in [1.29, 1.82) is 0 Å². The summed E-state index contributed by atoms with van der Waals surface area (Å²) in [4.78, 5) is 0. The zero-order chi connectivity index (χ0) is 14.0. The number of halogens is 1. The highest BCUT2D eigenvalue weighted by Gasteiger charge is 1.95. The van der Waals surface area contributed by atoms with Crippen LogP contribution in [0.4, 0.5) is 0 Å². The van der Waals surface area contributed by atoms with Crippen molar-refractivity contribution in [3.8, 4) is 5.75 Å². The van der Waals surface area contributed by atoms with Gasteiger partial charge < -0.3 is 9.47 Å². The number of ether oxygens (including phenoxy) is 2. The van der Waals surface area contributed by atoms with Crippen LogP contribution in [0.3, 0.4) is 0 Å². The van der Waals surface area contributed by atoms with Crippen LogP contribution in [-0.2, 0) is 11.3 Å². The van der Waals surface area contributed by atoms with Gasteiger partial charge in [0.15, 0.2) is 0 Å². The average Bonchev–Trinajstić information content (AvgIpc) is 2.49. The van der Waals surface area contributed by atoms with Crippen LogP contribution in [-0.4, -0.2) is 13.2 Å². The Balaban J connectivity index is 1.51. The average molecular weight is 382 g/mol. The molecule has 0 spiro atoms. The first-order valence-corrected chi connectivity index (χ1v) is 7.92. The largest absolute Gasteiger partial charge is 0.494 e. The fourth-order valence-electron chi connectivity index (χ4n) is 1.79. The minimum atomic E-state index is 0.693. The molecule has 0 atom stereocenters. The highest BCUT2D eigenvalue weighted by molar-refractivity contribution is 14.1. The van der Waals surface area contributed by atoms with Gasteiger partial charge in [0.1, 0.15) is 5.75 Å². The van der Waals surface area contributed by atoms with Gasteiger partial charge in [-0.05, 0) is 65.3 Å². The summed E-state index contributed by atoms with van der Waals surface area (Å²) in [6.45, 7) is 2.22. The molecule has 20 heavy (non-hydrogen) atoms. The van der Waals surface area contributed by atoms with Gasteiger partial charge in [-0.25, -0.2) is 0 Å². The monoisotopic (exact) mass is 382 g/mol. The molecule has 0 fully saturated rings. The van der Waals surface area contributed by atoms with Crippen molar-refractivity contribution >= 4 is 22.6 Å². The van der Waals surface area contributed by atoms with E-state index in [-0.39, 0.29) is 0 Å². The molecule has 2 nitrogen and oxygen atoms in total. The van der Waals surface area contributed by atoms with Crippen LogP contribution in [0.5, 0.6) is 5.75 Å². The highest BCUT2D eigenvalue weighted by atomic mass is 127. The van der Waals surface area contributed by atoms with Crippen LogP contribution in [0.1, 0.15) is 18.4 Å². The highest BCUT2D eigenvalue weighted by Crippen LogP contribution is 2.13. The van der Waals surface area contributed by atoms with Crippen molar-refractivity contribution in [3.05, 3.63) is 63.7 Å². The molecule has 0 heterocycles. The van der Waals surface area contributed by atoms with Gasteiger partial charge in [0, 0.05) is 10.2 Å². The van der Waals surface area contributed by atoms with Gasteiger partial charge in [-0.3, -0.25) is 0 Å². The fraction of sp³-hybridized carbons (Fsp3) is 0.294. The SMILES string of the molecule is Ic1ccc(OCCCCOCc2ccccc2)cc1. The normalized spacial score (nSPS) is 10.4. The van der Waals surface area contributed by atoms with Crippen molar-refractivity contribution in [2.45, 2.75) is 19.4 Å². The molecule has 106 valence electrons. The Morgan fingerprint density at radius 1 is 0.800 bits per heavy atom. The van der Waals surface area contributed by atoms with E-state index in [9.17, 15) is 0 Å². The van der Waals surface area contributed by atoms with Gasteiger partial charge in [-0.2, -0.15) is 0 Å². The van der Waals surface area contributed by atoms with Gasteiger partial charge >= 0.3 is 0 Å². The van der Waals surface area contributed by atoms with E-state index < -0.39 is 0 Å². The molecular formula is C17H19IO2. The molecule has 3 heteroatoms. The van der Waals surface area contributed by atoms with Gasteiger partial charge in [0.2, 0.25) is 0 Å². The quantitative estimate of drug-likeness (QED) is 0.488. The summed E-state index contributed by atoms with van der Waals surface area (Å²) in [5.74, 6) is 0.940. The Morgan fingerprint density at radius 2 is 1.50 bits per heavy atom. The number of unbranched alkanes of at least 4 members (excludes halogenated alkanes) is 1. The van der Waals surface area contributed by atoms with Crippen LogP contribution in [0, 0.1) is 3.57 Å². The van der Waals surface area contributed by atoms with Gasteiger partial charge in [0.05, 0.1) is 13.2 Å². The number of hydrogen-bond donors (Lipinski definition) is 0. The number of rotatable bonds is 8. The number of benzene rings is 2. The Labute approximate surface area is 134 Å². The molecule has 0 aliphatic carbocycles. The van der Waals surface area contributed by atoms with Crippen molar-refractivity contribution in [3.63, 3.8) is 0 Å². The molecule has 0 unspecified atom stereocenters. The van der Waals surface area contributed by atoms with Crippen molar-refractivity contribution < 1.29 is 9.47 Å². The lowest BCUT2D eigenvalue weighted by molar-refractivity contribution is 0.113. The summed E-state index contributed by atoms with van der Waals surface area (Å²) in [6, 6.07) is 18.4. The Hall–Kier alpha value is -1.07. The van der Waals surface area contributed by atoms with Crippen molar-refractivity contribution in [1.82, 2.24) is 0 Å². The lowest BCUT2D eigenvalue weighted by Crippen LogP contribution is -2.01. The first-order chi connectivity index (χ1) is 9.84. The third-order valence-electron chi connectivity index (χ3n) is 2.88. The Morgan fingerprint density at radius 3 is 2.25 bits per heavy atom. The maximum Gasteiger partial charge on any atom is 0.119 e. The molecule has 0 N–H and O–H groups in total. The molecule has 0 radical (unpaired) electrons. The molecule has 0 aliphatic rings. The molecule has 0 amide bonds. The van der Waals surface area contributed by atoms with E-state index in [4.69, 9.17) is 9.47 Å². The van der Waals surface area contributed by atoms with E-state index in [1.807, 2.05) is 30.3 Å². The van der Waals surface area contributed by atoms with Crippen LogP contribution < -0.4 is 4.74 Å². The maximum atomic E-state index is 5.67. The van der Waals surface area contributed by atoms with Gasteiger partial charge in [-0.15, -0.1) is 0 Å². The van der Waals surface area contributed by atoms with Crippen LogP contribution in [0.25, 0.3) is 0 Å². The predicted octanol–water partition coefficient (Wildman–Crippen LogP) is 4.67. The summed E-state index contributed by atoms with van der Waals surface area (Å²) in [6.07, 6.45) is 2.04. The van der Waals surface area contributed by atoms with Crippen LogP contribution in [0.15, 0.2) is 54.6 Å². The first kappa shape index (κ1) is 15.3. The maximum absolute atomic E-state index is 5.67. The smallest absolute Gasteiger partial charge is 0.119 e. The summed E-state index contributed by atoms with van der Waals surface area (Å²) in [7, 11) is 0. The second-order valence-electron chi connectivity index (χ2n) is 4.55. The summed E-state index contributed by atoms with van der Waals surface area (Å²) >= 11 is 2.29. The molecule has 0 saturated carbocycles. The predicted molar refractivity (Wildman–Crippen MR) is 90.0 cm³/mol. The zero-order valence-electron chi connectivity index (χ0n) is 11.4. The molecule has 0 aromatic heterocycles. The van der Waals surface area contributed by atoms with Crippen molar-refractivity contribution in [2.75, 3.05) is 13.2 Å². The minimum Gasteiger partial charge on any atom is -0.494 e. The second-order valence-corrected chi connectivity index (χ2v) is 5.79. The summed E-state index contributed by atoms with van der Waals surface area (Å²) in [5.41, 5.74) is 1.22. The first-order valence-electron chi connectivity index (χ1n) is 6.84. The van der Waals surface area contributed by atoms with Gasteiger partial charge in [0.25, 0.3) is 0 Å². The zero-order valence-corrected chi connectivity index (χ0v) is 13.6. The Bertz CT molecular complexity index is 482. The van der Waals surface area contributed by atoms with E-state index in [1.54, 1.807) is 0 Å². The fourth-order valence-corrected chi connectivity index (χ4v) is 2.15. The van der Waals surface area contributed by atoms with E-state index in [0.717, 1.165) is 31.8 Å². The van der Waals surface area contributed by atoms with Crippen LogP contribution >= 0.6 is 22.6 Å². The van der Waals surface area contributed by atoms with E-state index in [1.165, 1.54) is 9.13 Å². The standard InChI is InChI=1S/C17H19IO2/c18-16-8-10-17(11-9-16)20-13-5-4-12-19-14-15-6-2-1-3-7-15/h1-3,6-11H,4-5,12-14H2. The van der Waals surface area contributed by atoms with E-state index in [0.29, 0.717) is 6.61 Å². The van der Waals surface area contributed by atoms with Crippen LogP contribution in [0.2, 0.25) is 0 Å². The minimum absolute atomic E-state index is 0.693. The van der Waals surface area contributed by atoms with Crippen molar-refractivity contribution in [2.24, 2.45) is 0 Å². The lowest BCUT2D eigenvalue weighted by atomic mass is 10.2. The van der Waals surface area contributed by atoms with E-state index in [2.05, 4.69) is 46.9 Å². The Kier molecular flexibility index (Phi) is 6.88. The molecule has 2 rings (SSSR count). The third kappa shape index (κ3) is 5.92. The lowest BCUT2D eigenvalue weighted by Gasteiger charge is -2.07. The molecule has 2 aromatic carbocycles. The second kappa shape index (κ2) is 8.97. The molecule has 0 saturated heterocycles. The molecule has 0 bridgehead atoms. The molecule has 0 aliphatic heterocycles. The summed E-state index contributed by atoms with van der Waals surface area (Å²) < 4.78 is 12.5. The third-order valence-corrected chi connectivity index (χ3v) is 3.60. The number of hydrogen-bond acceptors (Lipinski definition) is 2. The van der Waals surface area contributed by atoms with Gasteiger partial charge in [-0.1, -0.05) is 30.3 Å². The molecular weight excluding hydrogens is 363 g/mol. The summed E-state index contributed by atoms with van der Waals surface area (Å²) in [5, 5.41) is 0. The topological polar surface area (TPSA) is 18.5 Å². The van der Waals surface area contributed by atoms with E-state index >= 15 is 0 Å².